The molecule has 48 heavy (non-hydrogen) atoms. The highest BCUT2D eigenvalue weighted by molar-refractivity contribution is 6.62. The fraction of sp³-hybridized carbons (Fsp3) is 0.0476. The molecule has 0 radical (unpaired) electrons. The van der Waals surface area contributed by atoms with Crippen molar-refractivity contribution in [3.63, 3.8) is 0 Å². The van der Waals surface area contributed by atoms with E-state index in [4.69, 9.17) is 4.42 Å². The molecule has 6 aromatic carbocycles. The van der Waals surface area contributed by atoms with Crippen molar-refractivity contribution < 1.29 is 14.5 Å². The number of hydrogen-bond donors (Lipinski definition) is 2. The van der Waals surface area contributed by atoms with E-state index in [1.165, 1.54) is 38.4 Å². The first kappa shape index (κ1) is 27.3. The van der Waals surface area contributed by atoms with Gasteiger partial charge in [0.25, 0.3) is 0 Å². The first-order valence-electron chi connectivity index (χ1n) is 16.4. The van der Waals surface area contributed by atoms with Gasteiger partial charge in [-0.3, -0.25) is 0 Å². The van der Waals surface area contributed by atoms with Crippen molar-refractivity contribution in [3.8, 4) is 22.5 Å². The minimum absolute atomic E-state index is 0.438. The molecule has 2 N–H and O–H groups in total. The molecule has 0 spiro atoms. The van der Waals surface area contributed by atoms with E-state index in [2.05, 4.69) is 124 Å². The van der Waals surface area contributed by atoms with Crippen LogP contribution in [0.25, 0.3) is 83.2 Å². The van der Waals surface area contributed by atoms with Crippen LogP contribution in [0, 0.1) is 0 Å². The molecule has 0 amide bonds. The fourth-order valence-electron chi connectivity index (χ4n) is 7.88. The van der Waals surface area contributed by atoms with E-state index in [-0.39, 0.29) is 0 Å². The second-order valence-corrected chi connectivity index (χ2v) is 12.7. The van der Waals surface area contributed by atoms with Crippen LogP contribution < -0.4 is 5.46 Å². The van der Waals surface area contributed by atoms with Gasteiger partial charge in [0, 0.05) is 44.0 Å². The molecule has 0 bridgehead atoms. The van der Waals surface area contributed by atoms with Gasteiger partial charge in [0.2, 0.25) is 0 Å². The highest BCUT2D eigenvalue weighted by Crippen LogP contribution is 2.42. The molecule has 0 atom stereocenters. The molecular formula is C42H29BN2O3. The number of aryl methyl sites for hydroxylation is 1. The van der Waals surface area contributed by atoms with Crippen LogP contribution in [-0.4, -0.2) is 26.3 Å². The normalized spacial score (nSPS) is 13.0. The Hall–Kier alpha value is -5.82. The Kier molecular flexibility index (Phi) is 5.89. The Bertz CT molecular complexity index is 2750. The summed E-state index contributed by atoms with van der Waals surface area (Å²) in [5.74, 6) is 0. The van der Waals surface area contributed by atoms with E-state index < -0.39 is 7.12 Å². The molecule has 10 rings (SSSR count). The van der Waals surface area contributed by atoms with Gasteiger partial charge in [-0.15, -0.1) is 0 Å². The van der Waals surface area contributed by atoms with Crippen LogP contribution in [-0.2, 0) is 6.42 Å². The number of aromatic nitrogens is 2. The number of allylic oxidation sites excluding steroid dienone is 1. The van der Waals surface area contributed by atoms with Gasteiger partial charge in [0.05, 0.1) is 16.6 Å². The van der Waals surface area contributed by atoms with Crippen LogP contribution in [0.4, 0.5) is 0 Å². The average molecular weight is 621 g/mol. The predicted molar refractivity (Wildman–Crippen MR) is 198 cm³/mol. The van der Waals surface area contributed by atoms with Crippen molar-refractivity contribution in [1.82, 2.24) is 9.13 Å². The van der Waals surface area contributed by atoms with Crippen molar-refractivity contribution in [2.75, 3.05) is 0 Å². The molecule has 3 aromatic heterocycles. The molecule has 6 heteroatoms. The summed E-state index contributed by atoms with van der Waals surface area (Å²) in [4.78, 5) is 0. The lowest BCUT2D eigenvalue weighted by atomic mass is 9.77. The van der Waals surface area contributed by atoms with E-state index in [1.807, 2.05) is 12.1 Å². The third kappa shape index (κ3) is 3.94. The second-order valence-electron chi connectivity index (χ2n) is 12.7. The Labute approximate surface area is 276 Å². The summed E-state index contributed by atoms with van der Waals surface area (Å²) in [6.07, 6.45) is 6.63. The number of furan rings is 1. The standard InChI is InChI=1S/C42H29BN2O3/c46-43(47)35-15-9-17-41-42(35)34-23-27(19-21-40(34)48-41)26-18-20-37-31(22-26)33-25-38-32(24-39(33)45(37)29-12-5-2-6-13-29)30-14-7-8-16-36(30)44(38)28-10-3-1-4-11-28/h1-6,8-13,15-25,46-47H,7,14H2. The molecule has 1 aliphatic rings. The van der Waals surface area contributed by atoms with Crippen LogP contribution in [0.15, 0.2) is 138 Å². The molecular weight excluding hydrogens is 591 g/mol. The SMILES string of the molecule is OB(O)c1cccc2oc3ccc(-c4ccc5c(c4)c4cc6c(cc4n5-c4ccccc4)c4c(n6-c5ccccc5)C=CCC4)cc3c12. The van der Waals surface area contributed by atoms with Crippen molar-refractivity contribution in [3.05, 3.63) is 145 Å². The molecule has 9 aromatic rings. The van der Waals surface area contributed by atoms with E-state index >= 15 is 0 Å². The summed E-state index contributed by atoms with van der Waals surface area (Å²) in [7, 11) is -1.59. The van der Waals surface area contributed by atoms with Crippen LogP contribution in [0.5, 0.6) is 0 Å². The minimum atomic E-state index is -1.59. The number of hydrogen-bond acceptors (Lipinski definition) is 3. The van der Waals surface area contributed by atoms with Gasteiger partial charge in [0.15, 0.2) is 0 Å². The minimum Gasteiger partial charge on any atom is -0.456 e. The van der Waals surface area contributed by atoms with Crippen LogP contribution in [0.1, 0.15) is 17.7 Å². The summed E-state index contributed by atoms with van der Waals surface area (Å²) in [5.41, 5.74) is 12.4. The quantitative estimate of drug-likeness (QED) is 0.193. The summed E-state index contributed by atoms with van der Waals surface area (Å²) < 4.78 is 10.9. The highest BCUT2D eigenvalue weighted by atomic mass is 16.4. The summed E-state index contributed by atoms with van der Waals surface area (Å²) in [6.45, 7) is 0. The molecule has 0 saturated carbocycles. The fourth-order valence-corrected chi connectivity index (χ4v) is 7.88. The Morgan fingerprint density at radius 2 is 1.23 bits per heavy atom. The van der Waals surface area contributed by atoms with E-state index in [1.54, 1.807) is 12.1 Å². The maximum absolute atomic E-state index is 10.1. The van der Waals surface area contributed by atoms with Gasteiger partial charge < -0.3 is 23.6 Å². The predicted octanol–water partition coefficient (Wildman–Crippen LogP) is 8.93. The lowest BCUT2D eigenvalue weighted by Gasteiger charge is -2.11. The zero-order valence-corrected chi connectivity index (χ0v) is 26.0. The molecule has 228 valence electrons. The molecule has 0 unspecified atom stereocenters. The monoisotopic (exact) mass is 620 g/mol. The topological polar surface area (TPSA) is 63.5 Å². The number of fused-ring (bicyclic) bond motifs is 9. The van der Waals surface area contributed by atoms with Crippen molar-refractivity contribution in [1.29, 1.82) is 0 Å². The average Bonchev–Trinajstić information content (AvgIpc) is 3.78. The largest absolute Gasteiger partial charge is 0.489 e. The van der Waals surface area contributed by atoms with E-state index in [0.717, 1.165) is 51.6 Å². The van der Waals surface area contributed by atoms with Crippen molar-refractivity contribution in [2.24, 2.45) is 0 Å². The van der Waals surface area contributed by atoms with Gasteiger partial charge in [-0.1, -0.05) is 66.7 Å². The molecule has 3 heterocycles. The van der Waals surface area contributed by atoms with Gasteiger partial charge in [-0.2, -0.15) is 0 Å². The Morgan fingerprint density at radius 1 is 0.562 bits per heavy atom. The first-order valence-corrected chi connectivity index (χ1v) is 16.4. The summed E-state index contributed by atoms with van der Waals surface area (Å²) >= 11 is 0. The van der Waals surface area contributed by atoms with Crippen LogP contribution >= 0.6 is 0 Å². The number of nitrogens with zero attached hydrogens (tertiary/aromatic N) is 2. The molecule has 0 aliphatic heterocycles. The summed E-state index contributed by atoms with van der Waals surface area (Å²) in [5, 5.41) is 25.5. The zero-order valence-electron chi connectivity index (χ0n) is 26.0. The molecule has 0 saturated heterocycles. The van der Waals surface area contributed by atoms with Gasteiger partial charge in [-0.05, 0) is 108 Å². The number of para-hydroxylation sites is 2. The van der Waals surface area contributed by atoms with Gasteiger partial charge in [0.1, 0.15) is 11.2 Å². The van der Waals surface area contributed by atoms with Crippen LogP contribution in [0.3, 0.4) is 0 Å². The van der Waals surface area contributed by atoms with E-state index in [0.29, 0.717) is 16.6 Å². The third-order valence-corrected chi connectivity index (χ3v) is 10.0. The van der Waals surface area contributed by atoms with Gasteiger partial charge in [-0.25, -0.2) is 0 Å². The maximum Gasteiger partial charge on any atom is 0.489 e. The smallest absolute Gasteiger partial charge is 0.456 e. The molecule has 1 aliphatic carbocycles. The van der Waals surface area contributed by atoms with Crippen LogP contribution in [0.2, 0.25) is 0 Å². The summed E-state index contributed by atoms with van der Waals surface area (Å²) in [6, 6.07) is 44.3. The number of rotatable bonds is 4. The van der Waals surface area contributed by atoms with E-state index in [9.17, 15) is 10.0 Å². The van der Waals surface area contributed by atoms with Crippen molar-refractivity contribution >= 4 is 73.3 Å². The maximum atomic E-state index is 10.1. The lowest BCUT2D eigenvalue weighted by Crippen LogP contribution is -2.30. The third-order valence-electron chi connectivity index (χ3n) is 10.0. The zero-order chi connectivity index (χ0) is 31.9. The highest BCUT2D eigenvalue weighted by Gasteiger charge is 2.23. The first-order chi connectivity index (χ1) is 23.6. The number of benzene rings is 6. The Morgan fingerprint density at radius 3 is 2.00 bits per heavy atom. The molecule has 5 nitrogen and oxygen atoms in total. The van der Waals surface area contributed by atoms with Gasteiger partial charge >= 0.3 is 7.12 Å². The Balaban J connectivity index is 1.27. The van der Waals surface area contributed by atoms with Crippen molar-refractivity contribution in [2.45, 2.75) is 12.8 Å². The second kappa shape index (κ2) is 10.3. The lowest BCUT2D eigenvalue weighted by molar-refractivity contribution is 0.426. The molecule has 0 fully saturated rings.